The molecule has 1 aromatic carbocycles. The van der Waals surface area contributed by atoms with Gasteiger partial charge in [0.2, 0.25) is 0 Å². The van der Waals surface area contributed by atoms with Crippen molar-refractivity contribution in [2.45, 2.75) is 6.42 Å². The number of hydrogen-bond donors (Lipinski definition) is 0. The molecule has 0 bridgehead atoms. The third-order valence-corrected chi connectivity index (χ3v) is 2.60. The van der Waals surface area contributed by atoms with Gasteiger partial charge in [0.1, 0.15) is 12.1 Å². The van der Waals surface area contributed by atoms with Crippen molar-refractivity contribution in [2.24, 2.45) is 0 Å². The average Bonchev–Trinajstić information content (AvgIpc) is 2.76. The number of halogens is 2. The van der Waals surface area contributed by atoms with Crippen molar-refractivity contribution in [3.05, 3.63) is 58.8 Å². The second-order valence-corrected chi connectivity index (χ2v) is 3.72. The van der Waals surface area contributed by atoms with Crippen LogP contribution in [0.4, 0.5) is 4.39 Å². The van der Waals surface area contributed by atoms with Crippen molar-refractivity contribution in [3.63, 3.8) is 0 Å². The van der Waals surface area contributed by atoms with Crippen molar-refractivity contribution < 1.29 is 13.6 Å². The van der Waals surface area contributed by atoms with Crippen molar-refractivity contribution in [1.82, 2.24) is 0 Å². The summed E-state index contributed by atoms with van der Waals surface area (Å²) in [5.74, 6) is -0.690. The average molecular weight is 239 g/mol. The molecule has 2 rings (SSSR count). The Balaban J connectivity index is 2.25. The largest absolute Gasteiger partial charge is 0.472 e. The van der Waals surface area contributed by atoms with Gasteiger partial charge in [-0.25, -0.2) is 4.39 Å². The van der Waals surface area contributed by atoms with Gasteiger partial charge in [-0.1, -0.05) is 17.7 Å². The van der Waals surface area contributed by atoms with E-state index in [2.05, 4.69) is 0 Å². The van der Waals surface area contributed by atoms with Gasteiger partial charge in [-0.3, -0.25) is 4.79 Å². The van der Waals surface area contributed by atoms with Gasteiger partial charge in [-0.2, -0.15) is 0 Å². The van der Waals surface area contributed by atoms with Gasteiger partial charge in [0.25, 0.3) is 0 Å². The summed E-state index contributed by atoms with van der Waals surface area (Å²) < 4.78 is 18.2. The molecular formula is C12H8ClFO2. The predicted molar refractivity (Wildman–Crippen MR) is 58.2 cm³/mol. The quantitative estimate of drug-likeness (QED) is 0.766. The Morgan fingerprint density at radius 2 is 2.19 bits per heavy atom. The van der Waals surface area contributed by atoms with Crippen LogP contribution in [0.15, 0.2) is 41.2 Å². The molecule has 1 aromatic heterocycles. The van der Waals surface area contributed by atoms with E-state index >= 15 is 0 Å². The van der Waals surface area contributed by atoms with E-state index in [0.717, 1.165) is 0 Å². The fourth-order valence-corrected chi connectivity index (χ4v) is 1.62. The molecule has 0 unspecified atom stereocenters. The van der Waals surface area contributed by atoms with Crippen molar-refractivity contribution in [2.75, 3.05) is 0 Å². The van der Waals surface area contributed by atoms with Gasteiger partial charge in [0, 0.05) is 17.0 Å². The molecule has 0 saturated carbocycles. The molecule has 2 nitrogen and oxygen atoms in total. The van der Waals surface area contributed by atoms with E-state index in [9.17, 15) is 9.18 Å². The van der Waals surface area contributed by atoms with Crippen LogP contribution >= 0.6 is 11.6 Å². The second-order valence-electron chi connectivity index (χ2n) is 3.31. The summed E-state index contributed by atoms with van der Waals surface area (Å²) in [5.41, 5.74) is 0.634. The van der Waals surface area contributed by atoms with E-state index in [1.54, 1.807) is 6.07 Å². The molecule has 16 heavy (non-hydrogen) atoms. The van der Waals surface area contributed by atoms with Crippen LogP contribution in [0.5, 0.6) is 0 Å². The van der Waals surface area contributed by atoms with E-state index < -0.39 is 5.82 Å². The maximum atomic E-state index is 13.4. The van der Waals surface area contributed by atoms with Crippen molar-refractivity contribution in [1.29, 1.82) is 0 Å². The fourth-order valence-electron chi connectivity index (χ4n) is 1.39. The van der Waals surface area contributed by atoms with Crippen LogP contribution in [0.1, 0.15) is 15.9 Å². The van der Waals surface area contributed by atoms with Crippen LogP contribution in [-0.2, 0) is 6.42 Å². The number of carbonyl (C=O) groups excluding carboxylic acids is 1. The highest BCUT2D eigenvalue weighted by Gasteiger charge is 2.13. The standard InChI is InChI=1S/C12H8ClFO2/c13-10-2-1-3-11(14)9(10)6-12(15)8-4-5-16-7-8/h1-5,7H,6H2. The van der Waals surface area contributed by atoms with Gasteiger partial charge in [0.15, 0.2) is 5.78 Å². The highest BCUT2D eigenvalue weighted by Crippen LogP contribution is 2.20. The lowest BCUT2D eigenvalue weighted by molar-refractivity contribution is 0.0991. The first-order valence-corrected chi connectivity index (χ1v) is 5.04. The summed E-state index contributed by atoms with van der Waals surface area (Å²) in [7, 11) is 0. The summed E-state index contributed by atoms with van der Waals surface area (Å²) >= 11 is 5.82. The smallest absolute Gasteiger partial charge is 0.170 e. The zero-order valence-electron chi connectivity index (χ0n) is 8.24. The molecule has 0 spiro atoms. The summed E-state index contributed by atoms with van der Waals surface area (Å²) in [6.45, 7) is 0. The van der Waals surface area contributed by atoms with Gasteiger partial charge in [0.05, 0.1) is 11.8 Å². The minimum atomic E-state index is -0.468. The second kappa shape index (κ2) is 4.49. The van der Waals surface area contributed by atoms with Crippen LogP contribution < -0.4 is 0 Å². The first-order chi connectivity index (χ1) is 7.68. The van der Waals surface area contributed by atoms with Gasteiger partial charge < -0.3 is 4.42 Å². The molecule has 0 amide bonds. The molecule has 0 saturated heterocycles. The summed E-state index contributed by atoms with van der Waals surface area (Å²) in [5, 5.41) is 0.261. The Labute approximate surface area is 96.6 Å². The topological polar surface area (TPSA) is 30.2 Å². The van der Waals surface area contributed by atoms with Crippen LogP contribution in [0, 0.1) is 5.82 Å². The fraction of sp³-hybridized carbons (Fsp3) is 0.0833. The SMILES string of the molecule is O=C(Cc1c(F)cccc1Cl)c1ccoc1. The summed E-state index contributed by atoms with van der Waals surface area (Å²) in [4.78, 5) is 11.7. The minimum absolute atomic E-state index is 0.0644. The summed E-state index contributed by atoms with van der Waals surface area (Å²) in [6, 6.07) is 5.88. The highest BCUT2D eigenvalue weighted by molar-refractivity contribution is 6.31. The molecule has 0 N–H and O–H groups in total. The van der Waals surface area contributed by atoms with E-state index in [-0.39, 0.29) is 22.8 Å². The molecule has 0 aliphatic heterocycles. The van der Waals surface area contributed by atoms with E-state index in [1.807, 2.05) is 0 Å². The maximum absolute atomic E-state index is 13.4. The van der Waals surface area contributed by atoms with Crippen LogP contribution in [-0.4, -0.2) is 5.78 Å². The third-order valence-electron chi connectivity index (χ3n) is 2.24. The normalized spacial score (nSPS) is 10.4. The van der Waals surface area contributed by atoms with Crippen LogP contribution in [0.3, 0.4) is 0 Å². The van der Waals surface area contributed by atoms with E-state index in [1.165, 1.54) is 30.7 Å². The van der Waals surface area contributed by atoms with Crippen molar-refractivity contribution in [3.8, 4) is 0 Å². The molecular weight excluding hydrogens is 231 g/mol. The number of furan rings is 1. The molecule has 0 aliphatic rings. The zero-order valence-corrected chi connectivity index (χ0v) is 9.00. The number of benzene rings is 1. The first-order valence-electron chi connectivity index (χ1n) is 4.67. The number of hydrogen-bond acceptors (Lipinski definition) is 2. The molecule has 0 fully saturated rings. The maximum Gasteiger partial charge on any atom is 0.170 e. The monoisotopic (exact) mass is 238 g/mol. The minimum Gasteiger partial charge on any atom is -0.472 e. The zero-order chi connectivity index (χ0) is 11.5. The first kappa shape index (κ1) is 10.9. The molecule has 0 radical (unpaired) electrons. The molecule has 1 heterocycles. The molecule has 82 valence electrons. The Hall–Kier alpha value is -1.61. The highest BCUT2D eigenvalue weighted by atomic mass is 35.5. The Kier molecular flexibility index (Phi) is 3.06. The van der Waals surface area contributed by atoms with Crippen molar-refractivity contribution >= 4 is 17.4 Å². The number of carbonyl (C=O) groups is 1. The lowest BCUT2D eigenvalue weighted by atomic mass is 10.0. The Morgan fingerprint density at radius 1 is 1.38 bits per heavy atom. The van der Waals surface area contributed by atoms with Gasteiger partial charge in [-0.15, -0.1) is 0 Å². The Morgan fingerprint density at radius 3 is 2.81 bits per heavy atom. The summed E-state index contributed by atoms with van der Waals surface area (Å²) in [6.07, 6.45) is 2.66. The van der Waals surface area contributed by atoms with Gasteiger partial charge >= 0.3 is 0 Å². The number of ketones is 1. The van der Waals surface area contributed by atoms with E-state index in [0.29, 0.717) is 5.56 Å². The molecule has 0 aliphatic carbocycles. The lowest BCUT2D eigenvalue weighted by Gasteiger charge is -2.03. The number of Topliss-reactive ketones (excluding diaryl/α,β-unsaturated/α-hetero) is 1. The van der Waals surface area contributed by atoms with Crippen LogP contribution in [0.2, 0.25) is 5.02 Å². The van der Waals surface area contributed by atoms with E-state index in [4.69, 9.17) is 16.0 Å². The molecule has 2 aromatic rings. The predicted octanol–water partition coefficient (Wildman–Crippen LogP) is 3.50. The number of rotatable bonds is 3. The van der Waals surface area contributed by atoms with Crippen LogP contribution in [0.25, 0.3) is 0 Å². The Bertz CT molecular complexity index is 485. The lowest BCUT2D eigenvalue weighted by Crippen LogP contribution is -2.04. The molecule has 4 heteroatoms. The molecule has 0 atom stereocenters. The van der Waals surface area contributed by atoms with Gasteiger partial charge in [-0.05, 0) is 18.2 Å². The third kappa shape index (κ3) is 2.14.